The van der Waals surface area contributed by atoms with Crippen molar-refractivity contribution >= 4 is 39.9 Å². The summed E-state index contributed by atoms with van der Waals surface area (Å²) in [6.07, 6.45) is 0. The van der Waals surface area contributed by atoms with E-state index < -0.39 is 5.91 Å². The zero-order chi connectivity index (χ0) is 12.3. The van der Waals surface area contributed by atoms with E-state index in [1.165, 1.54) is 11.3 Å². The predicted molar refractivity (Wildman–Crippen MR) is 70.6 cm³/mol. The molecular formula is C10H13N3O2S2. The summed E-state index contributed by atoms with van der Waals surface area (Å²) in [7, 11) is 0. The fraction of sp³-hybridized carbons (Fsp3) is 0.400. The molecule has 0 bridgehead atoms. The van der Waals surface area contributed by atoms with E-state index in [0.29, 0.717) is 10.6 Å². The van der Waals surface area contributed by atoms with E-state index in [2.05, 4.69) is 10.6 Å². The van der Waals surface area contributed by atoms with Gasteiger partial charge >= 0.3 is 0 Å². The van der Waals surface area contributed by atoms with E-state index in [0.717, 1.165) is 18.1 Å². The third-order valence-corrected chi connectivity index (χ3v) is 4.30. The van der Waals surface area contributed by atoms with Crippen molar-refractivity contribution in [2.24, 2.45) is 5.73 Å². The van der Waals surface area contributed by atoms with Crippen LogP contribution >= 0.6 is 23.1 Å². The Balaban J connectivity index is 2.02. The lowest BCUT2D eigenvalue weighted by Gasteiger charge is -2.22. The molecule has 1 unspecified atom stereocenters. The van der Waals surface area contributed by atoms with E-state index in [4.69, 9.17) is 5.73 Å². The summed E-state index contributed by atoms with van der Waals surface area (Å²) < 4.78 is 0. The van der Waals surface area contributed by atoms with Crippen LogP contribution in [0.2, 0.25) is 0 Å². The number of carbonyl (C=O) groups excluding carboxylic acids is 2. The molecule has 0 aliphatic carbocycles. The van der Waals surface area contributed by atoms with Crippen LogP contribution in [0, 0.1) is 0 Å². The van der Waals surface area contributed by atoms with Crippen molar-refractivity contribution in [1.82, 2.24) is 5.32 Å². The minimum atomic E-state index is -0.521. The Labute approximate surface area is 107 Å². The minimum absolute atomic E-state index is 0.109. The van der Waals surface area contributed by atoms with Crippen molar-refractivity contribution < 1.29 is 9.59 Å². The zero-order valence-electron chi connectivity index (χ0n) is 9.06. The summed E-state index contributed by atoms with van der Waals surface area (Å²) in [5, 5.41) is 8.14. The van der Waals surface area contributed by atoms with Crippen LogP contribution in [0.4, 0.5) is 5.00 Å². The van der Waals surface area contributed by atoms with Gasteiger partial charge in [0.2, 0.25) is 5.91 Å². The first kappa shape index (κ1) is 12.4. The highest BCUT2D eigenvalue weighted by atomic mass is 32.2. The van der Waals surface area contributed by atoms with E-state index in [9.17, 15) is 9.59 Å². The first-order chi connectivity index (χ1) is 8.18. The normalized spacial score (nSPS) is 19.9. The second-order valence-electron chi connectivity index (χ2n) is 3.60. The highest BCUT2D eigenvalue weighted by molar-refractivity contribution is 7.99. The summed E-state index contributed by atoms with van der Waals surface area (Å²) in [6.45, 7) is 0.829. The van der Waals surface area contributed by atoms with Crippen LogP contribution in [0.25, 0.3) is 0 Å². The second-order valence-corrected chi connectivity index (χ2v) is 5.66. The van der Waals surface area contributed by atoms with Gasteiger partial charge in [0.05, 0.1) is 11.6 Å². The van der Waals surface area contributed by atoms with Crippen molar-refractivity contribution in [3.63, 3.8) is 0 Å². The van der Waals surface area contributed by atoms with Crippen molar-refractivity contribution in [2.75, 3.05) is 23.4 Å². The van der Waals surface area contributed by atoms with E-state index >= 15 is 0 Å². The molecule has 1 fully saturated rings. The first-order valence-corrected chi connectivity index (χ1v) is 7.21. The number of nitrogens with two attached hydrogens (primary N) is 1. The van der Waals surface area contributed by atoms with E-state index in [-0.39, 0.29) is 11.9 Å². The van der Waals surface area contributed by atoms with Crippen molar-refractivity contribution in [3.05, 3.63) is 17.0 Å². The molecule has 1 aliphatic rings. The predicted octanol–water partition coefficient (Wildman–Crippen LogP) is 0.490. The third-order valence-electron chi connectivity index (χ3n) is 2.41. The number of anilines is 1. The fourth-order valence-electron chi connectivity index (χ4n) is 1.53. The first-order valence-electron chi connectivity index (χ1n) is 5.18. The van der Waals surface area contributed by atoms with Gasteiger partial charge in [-0.05, 0) is 11.4 Å². The summed E-state index contributed by atoms with van der Waals surface area (Å²) in [4.78, 5) is 23.0. The maximum absolute atomic E-state index is 11.9. The van der Waals surface area contributed by atoms with Gasteiger partial charge in [-0.3, -0.25) is 9.59 Å². The molecule has 7 heteroatoms. The number of amides is 2. The number of thioether (sulfide) groups is 1. The molecule has 0 radical (unpaired) electrons. The Morgan fingerprint density at radius 2 is 2.35 bits per heavy atom. The van der Waals surface area contributed by atoms with Crippen molar-refractivity contribution in [3.8, 4) is 0 Å². The number of hydrogen-bond acceptors (Lipinski definition) is 5. The van der Waals surface area contributed by atoms with Gasteiger partial charge in [-0.25, -0.2) is 0 Å². The van der Waals surface area contributed by atoms with Crippen molar-refractivity contribution in [2.45, 2.75) is 6.04 Å². The molecule has 2 amide bonds. The molecule has 2 heterocycles. The topological polar surface area (TPSA) is 84.2 Å². The van der Waals surface area contributed by atoms with Gasteiger partial charge < -0.3 is 16.4 Å². The standard InChI is InChI=1S/C10H13N3O2S2/c11-8(14)6-1-3-17-10(6)13-9(15)7-5-16-4-2-12-7/h1,3,7,12H,2,4-5H2,(H2,11,14)(H,13,15). The second kappa shape index (κ2) is 5.52. The number of primary amides is 1. The quantitative estimate of drug-likeness (QED) is 0.747. The van der Waals surface area contributed by atoms with E-state index in [1.54, 1.807) is 23.2 Å². The highest BCUT2D eigenvalue weighted by Crippen LogP contribution is 2.23. The van der Waals surface area contributed by atoms with Crippen LogP contribution in [-0.2, 0) is 4.79 Å². The fourth-order valence-corrected chi connectivity index (χ4v) is 3.26. The molecule has 0 saturated carbocycles. The lowest BCUT2D eigenvalue weighted by atomic mass is 10.2. The molecule has 1 atom stereocenters. The molecule has 4 N–H and O–H groups in total. The van der Waals surface area contributed by atoms with Gasteiger partial charge in [0.1, 0.15) is 5.00 Å². The summed E-state index contributed by atoms with van der Waals surface area (Å²) >= 11 is 3.05. The van der Waals surface area contributed by atoms with Gasteiger partial charge in [0, 0.05) is 18.1 Å². The average Bonchev–Trinajstić information content (AvgIpc) is 2.78. The smallest absolute Gasteiger partial charge is 0.251 e. The molecule has 1 saturated heterocycles. The molecule has 0 aromatic carbocycles. The van der Waals surface area contributed by atoms with Crippen LogP contribution < -0.4 is 16.4 Å². The Hall–Kier alpha value is -1.05. The van der Waals surface area contributed by atoms with Gasteiger partial charge in [0.25, 0.3) is 5.91 Å². The number of nitrogens with one attached hydrogen (secondary N) is 2. The lowest BCUT2D eigenvalue weighted by Crippen LogP contribution is -2.46. The molecule has 17 heavy (non-hydrogen) atoms. The largest absolute Gasteiger partial charge is 0.366 e. The van der Waals surface area contributed by atoms with E-state index in [1.807, 2.05) is 0 Å². The van der Waals surface area contributed by atoms with Gasteiger partial charge in [-0.2, -0.15) is 11.8 Å². The van der Waals surface area contributed by atoms with Crippen LogP contribution in [0.15, 0.2) is 11.4 Å². The van der Waals surface area contributed by atoms with Crippen LogP contribution in [-0.4, -0.2) is 35.9 Å². The van der Waals surface area contributed by atoms with Crippen molar-refractivity contribution in [1.29, 1.82) is 0 Å². The molecule has 1 aromatic heterocycles. The molecule has 92 valence electrons. The monoisotopic (exact) mass is 271 g/mol. The summed E-state index contributed by atoms with van der Waals surface area (Å²) in [6, 6.07) is 1.42. The molecule has 1 aromatic rings. The SMILES string of the molecule is NC(=O)c1ccsc1NC(=O)C1CSCCN1. The zero-order valence-corrected chi connectivity index (χ0v) is 10.7. The number of hydrogen-bond donors (Lipinski definition) is 3. The molecule has 0 spiro atoms. The summed E-state index contributed by atoms with van der Waals surface area (Å²) in [5.74, 6) is 1.15. The maximum atomic E-state index is 11.9. The van der Waals surface area contributed by atoms with Crippen LogP contribution in [0.1, 0.15) is 10.4 Å². The van der Waals surface area contributed by atoms with Crippen LogP contribution in [0.3, 0.4) is 0 Å². The van der Waals surface area contributed by atoms with Gasteiger partial charge in [-0.15, -0.1) is 11.3 Å². The maximum Gasteiger partial charge on any atom is 0.251 e. The average molecular weight is 271 g/mol. The highest BCUT2D eigenvalue weighted by Gasteiger charge is 2.22. The number of carbonyl (C=O) groups is 2. The molecular weight excluding hydrogens is 258 g/mol. The van der Waals surface area contributed by atoms with Gasteiger partial charge in [0.15, 0.2) is 0 Å². The van der Waals surface area contributed by atoms with Gasteiger partial charge in [-0.1, -0.05) is 0 Å². The Kier molecular flexibility index (Phi) is 4.03. The molecule has 2 rings (SSSR count). The minimum Gasteiger partial charge on any atom is -0.366 e. The van der Waals surface area contributed by atoms with Crippen LogP contribution in [0.5, 0.6) is 0 Å². The third kappa shape index (κ3) is 2.99. The lowest BCUT2D eigenvalue weighted by molar-refractivity contribution is -0.117. The Bertz CT molecular complexity index is 427. The summed E-state index contributed by atoms with van der Waals surface area (Å²) in [5.41, 5.74) is 5.58. The number of rotatable bonds is 3. The Morgan fingerprint density at radius 1 is 1.53 bits per heavy atom. The Morgan fingerprint density at radius 3 is 3.00 bits per heavy atom. The number of thiophene rings is 1. The molecule has 1 aliphatic heterocycles. The molecule has 5 nitrogen and oxygen atoms in total.